The van der Waals surface area contributed by atoms with E-state index in [0.717, 1.165) is 23.3 Å². The summed E-state index contributed by atoms with van der Waals surface area (Å²) in [5, 5.41) is 2.59. The predicted octanol–water partition coefficient (Wildman–Crippen LogP) is -0.123. The molecule has 1 heterocycles. The minimum absolute atomic E-state index is 0.00929. The van der Waals surface area contributed by atoms with Crippen LogP contribution in [-0.4, -0.2) is 69.9 Å². The van der Waals surface area contributed by atoms with Crippen LogP contribution < -0.4 is 10.2 Å². The largest absolute Gasteiger partial charge is 0.355 e. The van der Waals surface area contributed by atoms with E-state index in [4.69, 9.17) is 0 Å². The molecule has 28 heavy (non-hydrogen) atoms. The number of hydrogen-bond donors (Lipinski definition) is 2. The number of unbranched alkanes of at least 4 members (excludes halogenated alkanes) is 1. The second-order valence-electron chi connectivity index (χ2n) is 7.58. The van der Waals surface area contributed by atoms with E-state index in [9.17, 15) is 18.0 Å². The lowest BCUT2D eigenvalue weighted by molar-refractivity contribution is -0.885. The fourth-order valence-corrected chi connectivity index (χ4v) is 5.28. The zero-order valence-corrected chi connectivity index (χ0v) is 17.8. The summed E-state index contributed by atoms with van der Waals surface area (Å²) in [6.45, 7) is 3.65. The SMILES string of the molecule is CCCCN(C(=O)C[NH+](C)Cc1ccc(C(=O)NC)cc1)[C@@H]1CCS(=O)(=O)C1. The quantitative estimate of drug-likeness (QED) is 0.594. The van der Waals surface area contributed by atoms with Crippen molar-refractivity contribution in [2.24, 2.45) is 0 Å². The van der Waals surface area contributed by atoms with Gasteiger partial charge in [-0.15, -0.1) is 0 Å². The number of amides is 2. The second-order valence-corrected chi connectivity index (χ2v) is 9.81. The van der Waals surface area contributed by atoms with E-state index in [2.05, 4.69) is 12.2 Å². The summed E-state index contributed by atoms with van der Waals surface area (Å²) in [5.74, 6) is 0.145. The molecular weight excluding hydrogens is 378 g/mol. The maximum atomic E-state index is 12.9. The third-order valence-corrected chi connectivity index (χ3v) is 6.87. The molecule has 0 aromatic heterocycles. The van der Waals surface area contributed by atoms with Crippen LogP contribution in [0.3, 0.4) is 0 Å². The maximum Gasteiger partial charge on any atom is 0.278 e. The van der Waals surface area contributed by atoms with Gasteiger partial charge in [0.2, 0.25) is 0 Å². The summed E-state index contributed by atoms with van der Waals surface area (Å²) >= 11 is 0. The van der Waals surface area contributed by atoms with E-state index < -0.39 is 9.84 Å². The van der Waals surface area contributed by atoms with Crippen LogP contribution in [0.25, 0.3) is 0 Å². The third-order valence-electron chi connectivity index (χ3n) is 5.12. The van der Waals surface area contributed by atoms with Crippen LogP contribution in [0.2, 0.25) is 0 Å². The van der Waals surface area contributed by atoms with Gasteiger partial charge in [0.25, 0.3) is 11.8 Å². The molecule has 2 rings (SSSR count). The summed E-state index contributed by atoms with van der Waals surface area (Å²) in [6, 6.07) is 7.16. The average Bonchev–Trinajstić information content (AvgIpc) is 3.01. The van der Waals surface area contributed by atoms with Crippen LogP contribution >= 0.6 is 0 Å². The molecule has 2 N–H and O–H groups in total. The first-order valence-electron chi connectivity index (χ1n) is 9.88. The van der Waals surface area contributed by atoms with Crippen LogP contribution in [0.15, 0.2) is 24.3 Å². The van der Waals surface area contributed by atoms with Gasteiger partial charge >= 0.3 is 0 Å². The van der Waals surface area contributed by atoms with E-state index in [1.165, 1.54) is 0 Å². The number of carbonyl (C=O) groups is 2. The molecule has 1 aliphatic heterocycles. The van der Waals surface area contributed by atoms with E-state index in [1.807, 2.05) is 19.2 Å². The molecule has 156 valence electrons. The Labute approximate surface area is 168 Å². The minimum atomic E-state index is -3.02. The highest BCUT2D eigenvalue weighted by Crippen LogP contribution is 2.18. The Kier molecular flexibility index (Phi) is 8.00. The van der Waals surface area contributed by atoms with Crippen LogP contribution in [0.4, 0.5) is 0 Å². The lowest BCUT2D eigenvalue weighted by atomic mass is 10.1. The van der Waals surface area contributed by atoms with Gasteiger partial charge in [-0.05, 0) is 25.0 Å². The molecule has 1 aromatic carbocycles. The molecule has 2 atom stereocenters. The number of likely N-dealkylation sites (N-methyl/N-ethyl adjacent to an activating group) is 1. The van der Waals surface area contributed by atoms with Crippen LogP contribution in [0.5, 0.6) is 0 Å². The highest BCUT2D eigenvalue weighted by Gasteiger charge is 2.35. The Morgan fingerprint density at radius 3 is 2.46 bits per heavy atom. The van der Waals surface area contributed by atoms with E-state index in [-0.39, 0.29) is 29.4 Å². The molecule has 1 fully saturated rings. The predicted molar refractivity (Wildman–Crippen MR) is 109 cm³/mol. The molecule has 7 nitrogen and oxygen atoms in total. The molecular formula is C20H32N3O4S+. The van der Waals surface area contributed by atoms with Crippen molar-refractivity contribution in [1.82, 2.24) is 10.2 Å². The molecule has 0 radical (unpaired) electrons. The Hall–Kier alpha value is -1.93. The summed E-state index contributed by atoms with van der Waals surface area (Å²) in [5.41, 5.74) is 1.65. The van der Waals surface area contributed by atoms with Crippen molar-refractivity contribution in [3.05, 3.63) is 35.4 Å². The molecule has 1 unspecified atom stereocenters. The van der Waals surface area contributed by atoms with Crippen molar-refractivity contribution in [2.45, 2.75) is 38.8 Å². The van der Waals surface area contributed by atoms with Gasteiger partial charge in [-0.1, -0.05) is 25.5 Å². The summed E-state index contributed by atoms with van der Waals surface area (Å²) in [6.07, 6.45) is 2.38. The highest BCUT2D eigenvalue weighted by atomic mass is 32.2. The van der Waals surface area contributed by atoms with Gasteiger partial charge in [-0.25, -0.2) is 8.42 Å². The van der Waals surface area contributed by atoms with Crippen molar-refractivity contribution in [3.8, 4) is 0 Å². The Morgan fingerprint density at radius 1 is 1.25 bits per heavy atom. The number of quaternary nitrogens is 1. The van der Waals surface area contributed by atoms with Crippen LogP contribution in [0.1, 0.15) is 42.1 Å². The molecule has 0 spiro atoms. The van der Waals surface area contributed by atoms with Gasteiger partial charge in [0, 0.05) is 30.8 Å². The second kappa shape index (κ2) is 10.0. The molecule has 0 bridgehead atoms. The van der Waals surface area contributed by atoms with E-state index in [0.29, 0.717) is 31.6 Å². The number of hydrogen-bond acceptors (Lipinski definition) is 4. The summed E-state index contributed by atoms with van der Waals surface area (Å²) in [4.78, 5) is 27.3. The van der Waals surface area contributed by atoms with E-state index in [1.54, 1.807) is 24.1 Å². The third kappa shape index (κ3) is 6.31. The number of rotatable bonds is 9. The Morgan fingerprint density at radius 2 is 1.93 bits per heavy atom. The normalized spacial score (nSPS) is 19.2. The topological polar surface area (TPSA) is 88.0 Å². The standard InChI is InChI=1S/C20H31N3O4S/c1-4-5-11-23(18-10-12-28(26,27)15-18)19(24)14-22(3)13-16-6-8-17(9-7-16)20(25)21-2/h6-9,18H,4-5,10-15H2,1-3H3,(H,21,25)/p+1/t18-/m1/s1. The first-order valence-corrected chi connectivity index (χ1v) is 11.7. The fourth-order valence-electron chi connectivity index (χ4n) is 3.55. The molecule has 1 saturated heterocycles. The molecule has 1 aliphatic rings. The molecule has 8 heteroatoms. The molecule has 2 amide bonds. The first kappa shape index (κ1) is 22.4. The van der Waals surface area contributed by atoms with Crippen LogP contribution in [-0.2, 0) is 21.2 Å². The Bertz CT molecular complexity index is 777. The zero-order chi connectivity index (χ0) is 20.7. The van der Waals surface area contributed by atoms with Gasteiger partial charge in [-0.2, -0.15) is 0 Å². The number of sulfone groups is 1. The average molecular weight is 411 g/mol. The van der Waals surface area contributed by atoms with Crippen LogP contribution in [0, 0.1) is 0 Å². The van der Waals surface area contributed by atoms with Crippen molar-refractivity contribution < 1.29 is 22.9 Å². The van der Waals surface area contributed by atoms with Gasteiger partial charge in [0.05, 0.1) is 18.6 Å². The molecule has 1 aromatic rings. The van der Waals surface area contributed by atoms with E-state index >= 15 is 0 Å². The first-order chi connectivity index (χ1) is 13.3. The summed E-state index contributed by atoms with van der Waals surface area (Å²) < 4.78 is 23.7. The molecule has 0 saturated carbocycles. The number of benzene rings is 1. The summed E-state index contributed by atoms with van der Waals surface area (Å²) in [7, 11) is 0.526. The minimum Gasteiger partial charge on any atom is -0.355 e. The number of nitrogens with zero attached hydrogens (tertiary/aromatic N) is 1. The highest BCUT2D eigenvalue weighted by molar-refractivity contribution is 7.91. The molecule has 0 aliphatic carbocycles. The van der Waals surface area contributed by atoms with Crippen molar-refractivity contribution in [3.63, 3.8) is 0 Å². The van der Waals surface area contributed by atoms with Gasteiger partial charge < -0.3 is 15.1 Å². The lowest BCUT2D eigenvalue weighted by Gasteiger charge is -2.29. The van der Waals surface area contributed by atoms with Crippen molar-refractivity contribution >= 4 is 21.7 Å². The number of carbonyl (C=O) groups excluding carboxylic acids is 2. The smallest absolute Gasteiger partial charge is 0.278 e. The lowest BCUT2D eigenvalue weighted by Crippen LogP contribution is -3.09. The zero-order valence-electron chi connectivity index (χ0n) is 17.0. The van der Waals surface area contributed by atoms with Gasteiger partial charge in [0.15, 0.2) is 16.4 Å². The Balaban J connectivity index is 1.96. The van der Waals surface area contributed by atoms with Crippen molar-refractivity contribution in [2.75, 3.05) is 38.7 Å². The maximum absolute atomic E-state index is 12.9. The van der Waals surface area contributed by atoms with Gasteiger partial charge in [-0.3, -0.25) is 9.59 Å². The fraction of sp³-hybridized carbons (Fsp3) is 0.600. The van der Waals surface area contributed by atoms with Crippen molar-refractivity contribution in [1.29, 1.82) is 0 Å². The monoisotopic (exact) mass is 410 g/mol. The number of nitrogens with one attached hydrogen (secondary N) is 2. The van der Waals surface area contributed by atoms with Gasteiger partial charge in [0.1, 0.15) is 6.54 Å².